The van der Waals surface area contributed by atoms with Crippen molar-refractivity contribution in [3.8, 4) is 0 Å². The molecule has 0 amide bonds. The first kappa shape index (κ1) is 13.0. The van der Waals surface area contributed by atoms with Crippen molar-refractivity contribution in [2.75, 3.05) is 7.05 Å². The van der Waals surface area contributed by atoms with Crippen molar-refractivity contribution >= 4 is 15.7 Å². The molecule has 2 heterocycles. The van der Waals surface area contributed by atoms with E-state index in [1.165, 1.54) is 13.1 Å². The fourth-order valence-electron chi connectivity index (χ4n) is 1.68. The SMILES string of the molecule is CCC(C)c1nnc2ccc(S(=O)(=O)NC)cn12. The summed E-state index contributed by atoms with van der Waals surface area (Å²) in [6.45, 7) is 4.09. The van der Waals surface area contributed by atoms with Gasteiger partial charge in [0.1, 0.15) is 5.82 Å². The van der Waals surface area contributed by atoms with E-state index >= 15 is 0 Å². The summed E-state index contributed by atoms with van der Waals surface area (Å²) < 4.78 is 27.5. The van der Waals surface area contributed by atoms with Crippen LogP contribution >= 0.6 is 0 Å². The first-order chi connectivity index (χ1) is 8.49. The zero-order valence-corrected chi connectivity index (χ0v) is 11.4. The fraction of sp³-hybridized carbons (Fsp3) is 0.455. The van der Waals surface area contributed by atoms with E-state index in [4.69, 9.17) is 0 Å². The summed E-state index contributed by atoms with van der Waals surface area (Å²) in [6, 6.07) is 3.18. The molecule has 1 atom stereocenters. The molecule has 0 fully saturated rings. The van der Waals surface area contributed by atoms with Crippen molar-refractivity contribution in [3.63, 3.8) is 0 Å². The number of aromatic nitrogens is 3. The van der Waals surface area contributed by atoms with Crippen LogP contribution in [0.2, 0.25) is 0 Å². The second kappa shape index (κ2) is 4.66. The van der Waals surface area contributed by atoms with Gasteiger partial charge < -0.3 is 0 Å². The molecule has 1 unspecified atom stereocenters. The zero-order chi connectivity index (χ0) is 13.3. The zero-order valence-electron chi connectivity index (χ0n) is 10.6. The van der Waals surface area contributed by atoms with Crippen LogP contribution in [0.25, 0.3) is 5.65 Å². The molecule has 0 aromatic carbocycles. The van der Waals surface area contributed by atoms with Crippen LogP contribution in [0.1, 0.15) is 32.0 Å². The number of hydrogen-bond donors (Lipinski definition) is 1. The van der Waals surface area contributed by atoms with Gasteiger partial charge in [-0.15, -0.1) is 10.2 Å². The Hall–Kier alpha value is -1.47. The van der Waals surface area contributed by atoms with Crippen molar-refractivity contribution < 1.29 is 8.42 Å². The molecule has 18 heavy (non-hydrogen) atoms. The van der Waals surface area contributed by atoms with E-state index in [2.05, 4.69) is 21.8 Å². The summed E-state index contributed by atoms with van der Waals surface area (Å²) in [5.41, 5.74) is 0.653. The van der Waals surface area contributed by atoms with Crippen molar-refractivity contribution in [2.45, 2.75) is 31.1 Å². The Morgan fingerprint density at radius 1 is 1.39 bits per heavy atom. The van der Waals surface area contributed by atoms with E-state index in [9.17, 15) is 8.42 Å². The average molecular weight is 268 g/mol. The molecular weight excluding hydrogens is 252 g/mol. The smallest absolute Gasteiger partial charge is 0.241 e. The minimum absolute atomic E-state index is 0.210. The van der Waals surface area contributed by atoms with E-state index in [1.54, 1.807) is 16.7 Å². The molecule has 1 N–H and O–H groups in total. The number of fused-ring (bicyclic) bond motifs is 1. The summed E-state index contributed by atoms with van der Waals surface area (Å²) >= 11 is 0. The van der Waals surface area contributed by atoms with Gasteiger partial charge in [-0.3, -0.25) is 4.40 Å². The van der Waals surface area contributed by atoms with Gasteiger partial charge in [-0.25, -0.2) is 13.1 Å². The molecule has 0 saturated heterocycles. The lowest BCUT2D eigenvalue weighted by molar-refractivity contribution is 0.587. The standard InChI is InChI=1S/C11H16N4O2S/c1-4-8(2)11-14-13-10-6-5-9(7-15(10)11)18(16,17)12-3/h5-8,12H,4H2,1-3H3. The van der Waals surface area contributed by atoms with Crippen LogP contribution in [-0.4, -0.2) is 30.1 Å². The molecule has 2 rings (SSSR count). The highest BCUT2D eigenvalue weighted by molar-refractivity contribution is 7.89. The molecule has 2 aromatic rings. The average Bonchev–Trinajstić information content (AvgIpc) is 2.80. The highest BCUT2D eigenvalue weighted by Crippen LogP contribution is 2.19. The molecule has 2 aromatic heterocycles. The highest BCUT2D eigenvalue weighted by atomic mass is 32.2. The van der Waals surface area contributed by atoms with Gasteiger partial charge in [-0.05, 0) is 25.6 Å². The Morgan fingerprint density at radius 2 is 2.11 bits per heavy atom. The third kappa shape index (κ3) is 2.11. The fourth-order valence-corrected chi connectivity index (χ4v) is 2.41. The molecule has 0 aliphatic heterocycles. The molecule has 7 heteroatoms. The summed E-state index contributed by atoms with van der Waals surface area (Å²) in [7, 11) is -2.05. The van der Waals surface area contributed by atoms with Gasteiger partial charge in [0, 0.05) is 12.1 Å². The van der Waals surface area contributed by atoms with Gasteiger partial charge in [0.2, 0.25) is 10.0 Å². The Kier molecular flexibility index (Phi) is 3.36. The predicted octanol–water partition coefficient (Wildman–Crippen LogP) is 1.15. The number of rotatable bonds is 4. The third-order valence-electron chi connectivity index (χ3n) is 3.03. The molecular formula is C11H16N4O2S. The lowest BCUT2D eigenvalue weighted by Crippen LogP contribution is -2.19. The number of nitrogens with one attached hydrogen (secondary N) is 1. The van der Waals surface area contributed by atoms with Crippen LogP contribution in [0, 0.1) is 0 Å². The molecule has 6 nitrogen and oxygen atoms in total. The lowest BCUT2D eigenvalue weighted by Gasteiger charge is -2.07. The van der Waals surface area contributed by atoms with E-state index < -0.39 is 10.0 Å². The van der Waals surface area contributed by atoms with Gasteiger partial charge in [0.05, 0.1) is 4.90 Å². The van der Waals surface area contributed by atoms with Gasteiger partial charge in [0.25, 0.3) is 0 Å². The summed E-state index contributed by atoms with van der Waals surface area (Å²) in [5.74, 6) is 1.01. The Balaban J connectivity index is 2.63. The molecule has 0 bridgehead atoms. The summed E-state index contributed by atoms with van der Waals surface area (Å²) in [5, 5.41) is 8.15. The summed E-state index contributed by atoms with van der Waals surface area (Å²) in [4.78, 5) is 0.210. The van der Waals surface area contributed by atoms with Crippen molar-refractivity contribution in [2.24, 2.45) is 0 Å². The van der Waals surface area contributed by atoms with Gasteiger partial charge >= 0.3 is 0 Å². The van der Waals surface area contributed by atoms with Crippen LogP contribution in [0.5, 0.6) is 0 Å². The Bertz CT molecular complexity index is 663. The largest absolute Gasteiger partial charge is 0.285 e. The number of nitrogens with zero attached hydrogens (tertiary/aromatic N) is 3. The topological polar surface area (TPSA) is 76.4 Å². The van der Waals surface area contributed by atoms with Crippen molar-refractivity contribution in [1.29, 1.82) is 0 Å². The maximum absolute atomic E-state index is 11.8. The second-order valence-corrected chi connectivity index (χ2v) is 6.05. The van der Waals surface area contributed by atoms with E-state index in [0.717, 1.165) is 12.2 Å². The van der Waals surface area contributed by atoms with Crippen LogP contribution < -0.4 is 4.72 Å². The van der Waals surface area contributed by atoms with Crippen molar-refractivity contribution in [1.82, 2.24) is 19.3 Å². The quantitative estimate of drug-likeness (QED) is 0.902. The normalized spacial score (nSPS) is 13.9. The molecule has 0 aliphatic carbocycles. The highest BCUT2D eigenvalue weighted by Gasteiger charge is 2.16. The molecule has 0 radical (unpaired) electrons. The lowest BCUT2D eigenvalue weighted by atomic mass is 10.1. The monoisotopic (exact) mass is 268 g/mol. The minimum Gasteiger partial charge on any atom is -0.285 e. The third-order valence-corrected chi connectivity index (χ3v) is 4.43. The molecule has 98 valence electrons. The Labute approximate surface area is 106 Å². The maximum Gasteiger partial charge on any atom is 0.241 e. The van der Waals surface area contributed by atoms with Gasteiger partial charge in [-0.1, -0.05) is 13.8 Å². The Morgan fingerprint density at radius 3 is 2.72 bits per heavy atom. The summed E-state index contributed by atoms with van der Waals surface area (Å²) in [6.07, 6.45) is 2.48. The molecule has 0 spiro atoms. The first-order valence-corrected chi connectivity index (χ1v) is 7.26. The van der Waals surface area contributed by atoms with Crippen LogP contribution in [0.3, 0.4) is 0 Å². The van der Waals surface area contributed by atoms with Gasteiger partial charge in [-0.2, -0.15) is 0 Å². The van der Waals surface area contributed by atoms with E-state index in [1.807, 2.05) is 6.92 Å². The van der Waals surface area contributed by atoms with Crippen LogP contribution in [0.4, 0.5) is 0 Å². The van der Waals surface area contributed by atoms with Crippen LogP contribution in [-0.2, 0) is 10.0 Å². The number of pyridine rings is 1. The predicted molar refractivity (Wildman–Crippen MR) is 67.9 cm³/mol. The number of sulfonamides is 1. The molecule has 0 saturated carbocycles. The minimum atomic E-state index is -3.44. The molecule has 0 aliphatic rings. The van der Waals surface area contributed by atoms with E-state index in [-0.39, 0.29) is 10.8 Å². The van der Waals surface area contributed by atoms with Crippen LogP contribution in [0.15, 0.2) is 23.2 Å². The second-order valence-electron chi connectivity index (χ2n) is 4.17. The maximum atomic E-state index is 11.8. The first-order valence-electron chi connectivity index (χ1n) is 5.77. The van der Waals surface area contributed by atoms with Crippen molar-refractivity contribution in [3.05, 3.63) is 24.2 Å². The van der Waals surface area contributed by atoms with E-state index in [0.29, 0.717) is 5.65 Å². The number of hydrogen-bond acceptors (Lipinski definition) is 4. The van der Waals surface area contributed by atoms with Gasteiger partial charge in [0.15, 0.2) is 5.65 Å².